The van der Waals surface area contributed by atoms with Gasteiger partial charge in [0.25, 0.3) is 10.0 Å². The van der Waals surface area contributed by atoms with Crippen molar-refractivity contribution < 1.29 is 12.8 Å². The van der Waals surface area contributed by atoms with E-state index < -0.39 is 15.8 Å². The standard InChI is InChI=1S/C14H15FN2O2S/c1-9-3-4-13(5-10(9)2)17-20(18,19)14-7-11(15)6-12(16)8-14/h3-8,17H,16H2,1-2H3. The van der Waals surface area contributed by atoms with E-state index in [-0.39, 0.29) is 10.6 Å². The minimum Gasteiger partial charge on any atom is -0.399 e. The summed E-state index contributed by atoms with van der Waals surface area (Å²) < 4.78 is 40.0. The Labute approximate surface area is 117 Å². The monoisotopic (exact) mass is 294 g/mol. The summed E-state index contributed by atoms with van der Waals surface area (Å²) in [7, 11) is -3.86. The molecule has 0 aliphatic rings. The molecule has 2 aromatic rings. The Morgan fingerprint density at radius 1 is 1.05 bits per heavy atom. The molecule has 0 aliphatic carbocycles. The molecule has 0 saturated carbocycles. The van der Waals surface area contributed by atoms with Crippen molar-refractivity contribution in [3.63, 3.8) is 0 Å². The third kappa shape index (κ3) is 3.08. The third-order valence-electron chi connectivity index (χ3n) is 2.96. The average Bonchev–Trinajstić information content (AvgIpc) is 2.32. The Hall–Kier alpha value is -2.08. The zero-order valence-electron chi connectivity index (χ0n) is 11.1. The van der Waals surface area contributed by atoms with Gasteiger partial charge in [-0.1, -0.05) is 6.07 Å². The molecule has 0 atom stereocenters. The van der Waals surface area contributed by atoms with Crippen molar-refractivity contribution in [2.75, 3.05) is 10.5 Å². The maximum absolute atomic E-state index is 13.2. The molecule has 0 amide bonds. The van der Waals surface area contributed by atoms with Crippen LogP contribution >= 0.6 is 0 Å². The molecule has 4 nitrogen and oxygen atoms in total. The molecule has 0 aliphatic heterocycles. The Morgan fingerprint density at radius 2 is 1.75 bits per heavy atom. The predicted molar refractivity (Wildman–Crippen MR) is 77.5 cm³/mol. The quantitative estimate of drug-likeness (QED) is 0.855. The van der Waals surface area contributed by atoms with Crippen LogP contribution in [-0.2, 0) is 10.0 Å². The number of nitrogens with one attached hydrogen (secondary N) is 1. The molecule has 0 fully saturated rings. The molecule has 2 aromatic carbocycles. The smallest absolute Gasteiger partial charge is 0.262 e. The number of sulfonamides is 1. The molecule has 0 saturated heterocycles. The topological polar surface area (TPSA) is 72.2 Å². The molecule has 0 spiro atoms. The summed E-state index contributed by atoms with van der Waals surface area (Å²) in [5, 5.41) is 0. The van der Waals surface area contributed by atoms with E-state index >= 15 is 0 Å². The van der Waals surface area contributed by atoms with Gasteiger partial charge < -0.3 is 5.73 Å². The van der Waals surface area contributed by atoms with E-state index in [4.69, 9.17) is 5.73 Å². The second-order valence-electron chi connectivity index (χ2n) is 4.62. The zero-order chi connectivity index (χ0) is 14.9. The second-order valence-corrected chi connectivity index (χ2v) is 6.31. The van der Waals surface area contributed by atoms with Gasteiger partial charge in [-0.2, -0.15) is 0 Å². The van der Waals surface area contributed by atoms with Crippen LogP contribution in [0.25, 0.3) is 0 Å². The van der Waals surface area contributed by atoms with Crippen molar-refractivity contribution in [1.29, 1.82) is 0 Å². The molecule has 0 heterocycles. The van der Waals surface area contributed by atoms with Crippen LogP contribution in [0.3, 0.4) is 0 Å². The van der Waals surface area contributed by atoms with Crippen LogP contribution in [0.4, 0.5) is 15.8 Å². The van der Waals surface area contributed by atoms with Gasteiger partial charge >= 0.3 is 0 Å². The van der Waals surface area contributed by atoms with E-state index in [0.29, 0.717) is 5.69 Å². The first-order valence-electron chi connectivity index (χ1n) is 5.94. The molecule has 0 aromatic heterocycles. The van der Waals surface area contributed by atoms with Crippen molar-refractivity contribution in [2.45, 2.75) is 18.7 Å². The van der Waals surface area contributed by atoms with Crippen LogP contribution in [0.2, 0.25) is 0 Å². The van der Waals surface area contributed by atoms with E-state index in [1.54, 1.807) is 12.1 Å². The second kappa shape index (κ2) is 5.13. The number of anilines is 2. The first kappa shape index (κ1) is 14.3. The summed E-state index contributed by atoms with van der Waals surface area (Å²) in [4.78, 5) is -0.201. The maximum atomic E-state index is 13.2. The lowest BCUT2D eigenvalue weighted by molar-refractivity contribution is 0.595. The average molecular weight is 294 g/mol. The molecule has 3 N–H and O–H groups in total. The highest BCUT2D eigenvalue weighted by molar-refractivity contribution is 7.92. The SMILES string of the molecule is Cc1ccc(NS(=O)(=O)c2cc(N)cc(F)c2)cc1C. The van der Waals surface area contributed by atoms with Gasteiger partial charge in [0.2, 0.25) is 0 Å². The Morgan fingerprint density at radius 3 is 2.35 bits per heavy atom. The summed E-state index contributed by atoms with van der Waals surface area (Å²) in [6.07, 6.45) is 0. The number of benzene rings is 2. The molecule has 2 rings (SSSR count). The highest BCUT2D eigenvalue weighted by Crippen LogP contribution is 2.21. The van der Waals surface area contributed by atoms with Gasteiger partial charge in [0.15, 0.2) is 0 Å². The lowest BCUT2D eigenvalue weighted by atomic mass is 10.1. The third-order valence-corrected chi connectivity index (χ3v) is 4.32. The minimum absolute atomic E-state index is 0.0606. The summed E-state index contributed by atoms with van der Waals surface area (Å²) in [6, 6.07) is 8.40. The number of nitrogen functional groups attached to an aromatic ring is 1. The molecule has 20 heavy (non-hydrogen) atoms. The number of halogens is 1. The van der Waals surface area contributed by atoms with Gasteiger partial charge in [-0.3, -0.25) is 4.72 Å². The van der Waals surface area contributed by atoms with Crippen LogP contribution in [0, 0.1) is 19.7 Å². The summed E-state index contributed by atoms with van der Waals surface area (Å²) in [5.74, 6) is -0.689. The first-order chi connectivity index (χ1) is 9.28. The van der Waals surface area contributed by atoms with Crippen LogP contribution < -0.4 is 10.5 Å². The van der Waals surface area contributed by atoms with Crippen LogP contribution in [0.15, 0.2) is 41.3 Å². The first-order valence-corrected chi connectivity index (χ1v) is 7.42. The zero-order valence-corrected chi connectivity index (χ0v) is 12.0. The van der Waals surface area contributed by atoms with Crippen molar-refractivity contribution in [3.05, 3.63) is 53.3 Å². The number of rotatable bonds is 3. The highest BCUT2D eigenvalue weighted by Gasteiger charge is 2.16. The Kier molecular flexibility index (Phi) is 3.67. The van der Waals surface area contributed by atoms with Gasteiger partial charge in [0.05, 0.1) is 4.90 Å². The summed E-state index contributed by atoms with van der Waals surface area (Å²) in [5.41, 5.74) is 7.97. The van der Waals surface area contributed by atoms with E-state index in [1.165, 1.54) is 6.07 Å². The Balaban J connectivity index is 2.37. The molecule has 6 heteroatoms. The molecule has 0 radical (unpaired) electrons. The Bertz CT molecular complexity index is 738. The fraction of sp³-hybridized carbons (Fsp3) is 0.143. The van der Waals surface area contributed by atoms with Gasteiger partial charge in [-0.05, 0) is 55.3 Å². The lowest BCUT2D eigenvalue weighted by Gasteiger charge is -2.10. The van der Waals surface area contributed by atoms with Crippen molar-refractivity contribution >= 4 is 21.4 Å². The highest BCUT2D eigenvalue weighted by atomic mass is 32.2. The molecular weight excluding hydrogens is 279 g/mol. The summed E-state index contributed by atoms with van der Waals surface area (Å²) >= 11 is 0. The van der Waals surface area contributed by atoms with Crippen molar-refractivity contribution in [2.24, 2.45) is 0 Å². The van der Waals surface area contributed by atoms with Gasteiger partial charge in [0.1, 0.15) is 5.82 Å². The lowest BCUT2D eigenvalue weighted by Crippen LogP contribution is -2.13. The largest absolute Gasteiger partial charge is 0.399 e. The van der Waals surface area contributed by atoms with Crippen LogP contribution in [-0.4, -0.2) is 8.42 Å². The molecule has 106 valence electrons. The fourth-order valence-electron chi connectivity index (χ4n) is 1.76. The molecule has 0 bridgehead atoms. The number of hydrogen-bond acceptors (Lipinski definition) is 3. The number of aryl methyl sites for hydroxylation is 2. The van der Waals surface area contributed by atoms with Crippen LogP contribution in [0.5, 0.6) is 0 Å². The predicted octanol–water partition coefficient (Wildman–Crippen LogP) is 2.83. The van der Waals surface area contributed by atoms with Crippen LogP contribution in [0.1, 0.15) is 11.1 Å². The van der Waals surface area contributed by atoms with Gasteiger partial charge in [0, 0.05) is 11.4 Å². The fourth-order valence-corrected chi connectivity index (χ4v) is 2.87. The number of hydrogen-bond donors (Lipinski definition) is 2. The van der Waals surface area contributed by atoms with E-state index in [2.05, 4.69) is 4.72 Å². The van der Waals surface area contributed by atoms with E-state index in [9.17, 15) is 12.8 Å². The van der Waals surface area contributed by atoms with Crippen molar-refractivity contribution in [1.82, 2.24) is 0 Å². The van der Waals surface area contributed by atoms with Gasteiger partial charge in [-0.15, -0.1) is 0 Å². The normalized spacial score (nSPS) is 11.3. The van der Waals surface area contributed by atoms with Crippen molar-refractivity contribution in [3.8, 4) is 0 Å². The number of nitrogens with two attached hydrogens (primary N) is 1. The molecule has 0 unspecified atom stereocenters. The van der Waals surface area contributed by atoms with E-state index in [0.717, 1.165) is 23.3 Å². The van der Waals surface area contributed by atoms with E-state index in [1.807, 2.05) is 19.9 Å². The molecular formula is C14H15FN2O2S. The van der Waals surface area contributed by atoms with Gasteiger partial charge in [-0.25, -0.2) is 12.8 Å². The minimum atomic E-state index is -3.86. The maximum Gasteiger partial charge on any atom is 0.262 e. The summed E-state index contributed by atoms with van der Waals surface area (Å²) in [6.45, 7) is 3.81.